The van der Waals surface area contributed by atoms with Crippen molar-refractivity contribution in [1.29, 1.82) is 0 Å². The zero-order valence-corrected chi connectivity index (χ0v) is 16.0. The first-order valence-corrected chi connectivity index (χ1v) is 9.26. The van der Waals surface area contributed by atoms with Crippen LogP contribution in [0.5, 0.6) is 0 Å². The highest BCUT2D eigenvalue weighted by Crippen LogP contribution is 2.29. The molecule has 0 aromatic heterocycles. The van der Waals surface area contributed by atoms with E-state index in [4.69, 9.17) is 11.6 Å². The normalized spacial score (nSPS) is 23.3. The molecule has 1 aromatic rings. The molecule has 0 spiro atoms. The summed E-state index contributed by atoms with van der Waals surface area (Å²) in [5, 5.41) is 6.55. The Balaban J connectivity index is 1.75. The van der Waals surface area contributed by atoms with Crippen LogP contribution in [0.15, 0.2) is 24.3 Å². The molecule has 1 saturated carbocycles. The van der Waals surface area contributed by atoms with E-state index < -0.39 is 0 Å². The molecule has 3 atom stereocenters. The smallest absolute Gasteiger partial charge is 0.238 e. The SMILES string of the molecule is C[C@H]1[C@@H](NC(=O)CN(C)CC(=O)Nc2ccc(Cl)cc2)CCC[C@@H]1C. The van der Waals surface area contributed by atoms with E-state index in [2.05, 4.69) is 24.5 Å². The van der Waals surface area contributed by atoms with E-state index in [1.54, 1.807) is 36.2 Å². The number of anilines is 1. The minimum absolute atomic E-state index is 0.0206. The number of hydrogen-bond donors (Lipinski definition) is 2. The molecule has 1 aliphatic carbocycles. The fourth-order valence-corrected chi connectivity index (χ4v) is 3.44. The minimum atomic E-state index is -0.155. The molecule has 0 radical (unpaired) electrons. The molecule has 1 aliphatic rings. The molecule has 0 unspecified atom stereocenters. The van der Waals surface area contributed by atoms with Crippen LogP contribution in [0.2, 0.25) is 5.02 Å². The van der Waals surface area contributed by atoms with E-state index in [1.807, 2.05) is 0 Å². The molecule has 2 amide bonds. The largest absolute Gasteiger partial charge is 0.352 e. The summed E-state index contributed by atoms with van der Waals surface area (Å²) >= 11 is 5.82. The van der Waals surface area contributed by atoms with E-state index in [0.29, 0.717) is 22.5 Å². The monoisotopic (exact) mass is 365 g/mol. The highest BCUT2D eigenvalue weighted by Gasteiger charge is 2.28. The Hall–Kier alpha value is -1.59. The lowest BCUT2D eigenvalue weighted by Gasteiger charge is -2.34. The Bertz CT molecular complexity index is 591. The van der Waals surface area contributed by atoms with Crippen molar-refractivity contribution in [3.05, 3.63) is 29.3 Å². The van der Waals surface area contributed by atoms with Crippen molar-refractivity contribution in [3.8, 4) is 0 Å². The lowest BCUT2D eigenvalue weighted by molar-refractivity contribution is -0.124. The van der Waals surface area contributed by atoms with Crippen molar-refractivity contribution in [3.63, 3.8) is 0 Å². The molecular formula is C19H28ClN3O2. The topological polar surface area (TPSA) is 61.4 Å². The van der Waals surface area contributed by atoms with Crippen LogP contribution in [0.1, 0.15) is 33.1 Å². The van der Waals surface area contributed by atoms with E-state index in [1.165, 1.54) is 6.42 Å². The van der Waals surface area contributed by atoms with Gasteiger partial charge >= 0.3 is 0 Å². The number of nitrogens with zero attached hydrogens (tertiary/aromatic N) is 1. The lowest BCUT2D eigenvalue weighted by Crippen LogP contribution is -2.47. The van der Waals surface area contributed by atoms with Crippen LogP contribution in [-0.4, -0.2) is 42.9 Å². The summed E-state index contributed by atoms with van der Waals surface area (Å²) in [7, 11) is 1.77. The molecular weight excluding hydrogens is 338 g/mol. The van der Waals surface area contributed by atoms with Gasteiger partial charge in [-0.05, 0) is 49.6 Å². The van der Waals surface area contributed by atoms with Crippen molar-refractivity contribution in [1.82, 2.24) is 10.2 Å². The van der Waals surface area contributed by atoms with Gasteiger partial charge in [0.15, 0.2) is 0 Å². The summed E-state index contributed by atoms with van der Waals surface area (Å²) in [6.45, 7) is 4.83. The summed E-state index contributed by atoms with van der Waals surface area (Å²) in [4.78, 5) is 26.0. The Kier molecular flexibility index (Phi) is 7.26. The van der Waals surface area contributed by atoms with Crippen LogP contribution in [-0.2, 0) is 9.59 Å². The number of rotatable bonds is 6. The minimum Gasteiger partial charge on any atom is -0.352 e. The van der Waals surface area contributed by atoms with Crippen LogP contribution in [0.25, 0.3) is 0 Å². The predicted molar refractivity (Wildman–Crippen MR) is 102 cm³/mol. The van der Waals surface area contributed by atoms with Crippen LogP contribution in [0.4, 0.5) is 5.69 Å². The van der Waals surface area contributed by atoms with Crippen LogP contribution < -0.4 is 10.6 Å². The van der Waals surface area contributed by atoms with Crippen molar-refractivity contribution < 1.29 is 9.59 Å². The number of carbonyl (C=O) groups excluding carboxylic acids is 2. The summed E-state index contributed by atoms with van der Waals surface area (Å²) in [6, 6.07) is 7.19. The van der Waals surface area contributed by atoms with E-state index in [0.717, 1.165) is 12.8 Å². The second kappa shape index (κ2) is 9.20. The summed E-state index contributed by atoms with van der Waals surface area (Å²) < 4.78 is 0. The second-order valence-electron chi connectivity index (χ2n) is 7.17. The molecule has 25 heavy (non-hydrogen) atoms. The van der Waals surface area contributed by atoms with Gasteiger partial charge in [0.05, 0.1) is 13.1 Å². The number of amides is 2. The molecule has 0 bridgehead atoms. The average molecular weight is 366 g/mol. The van der Waals surface area contributed by atoms with Crippen LogP contribution in [0, 0.1) is 11.8 Å². The third-order valence-corrected chi connectivity index (χ3v) is 5.26. The van der Waals surface area contributed by atoms with E-state index in [9.17, 15) is 9.59 Å². The summed E-state index contributed by atoms with van der Waals surface area (Å²) in [6.07, 6.45) is 3.44. The Morgan fingerprint density at radius 1 is 1.12 bits per heavy atom. The molecule has 0 heterocycles. The quantitative estimate of drug-likeness (QED) is 0.814. The van der Waals surface area contributed by atoms with Gasteiger partial charge in [0.25, 0.3) is 0 Å². The number of hydrogen-bond acceptors (Lipinski definition) is 3. The molecule has 0 aliphatic heterocycles. The van der Waals surface area contributed by atoms with Gasteiger partial charge < -0.3 is 10.6 Å². The van der Waals surface area contributed by atoms with E-state index in [-0.39, 0.29) is 30.9 Å². The van der Waals surface area contributed by atoms with Gasteiger partial charge in [-0.25, -0.2) is 0 Å². The molecule has 1 aromatic carbocycles. The fraction of sp³-hybridized carbons (Fsp3) is 0.579. The van der Waals surface area contributed by atoms with Crippen molar-refractivity contribution >= 4 is 29.1 Å². The highest BCUT2D eigenvalue weighted by molar-refractivity contribution is 6.30. The van der Waals surface area contributed by atoms with Crippen LogP contribution >= 0.6 is 11.6 Å². The zero-order chi connectivity index (χ0) is 18.4. The number of benzene rings is 1. The molecule has 1 fully saturated rings. The second-order valence-corrected chi connectivity index (χ2v) is 7.61. The number of carbonyl (C=O) groups is 2. The number of nitrogens with one attached hydrogen (secondary N) is 2. The maximum atomic E-state index is 12.3. The van der Waals surface area contributed by atoms with Gasteiger partial charge in [0.2, 0.25) is 11.8 Å². The van der Waals surface area contributed by atoms with Crippen LogP contribution in [0.3, 0.4) is 0 Å². The fourth-order valence-electron chi connectivity index (χ4n) is 3.32. The van der Waals surface area contributed by atoms with Gasteiger partial charge in [0.1, 0.15) is 0 Å². The number of halogens is 1. The lowest BCUT2D eigenvalue weighted by atomic mass is 9.78. The Labute approximate surface area is 155 Å². The first kappa shape index (κ1) is 19.7. The molecule has 0 saturated heterocycles. The van der Waals surface area contributed by atoms with Gasteiger partial charge in [-0.1, -0.05) is 38.3 Å². The predicted octanol–water partition coefficient (Wildman–Crippen LogP) is 3.15. The van der Waals surface area contributed by atoms with Gasteiger partial charge in [-0.15, -0.1) is 0 Å². The maximum absolute atomic E-state index is 12.3. The first-order valence-electron chi connectivity index (χ1n) is 8.88. The molecule has 2 rings (SSSR count). The standard InChI is InChI=1S/C19H28ClN3O2/c1-13-5-4-6-17(14(13)2)22-19(25)12-23(3)11-18(24)21-16-9-7-15(20)8-10-16/h7-10,13-14,17H,4-6,11-12H2,1-3H3,(H,21,24)(H,22,25)/t13-,14+,17-/m0/s1. The van der Waals surface area contributed by atoms with Crippen molar-refractivity contribution in [2.24, 2.45) is 11.8 Å². The van der Waals surface area contributed by atoms with Crippen molar-refractivity contribution in [2.45, 2.75) is 39.2 Å². The van der Waals surface area contributed by atoms with Crippen molar-refractivity contribution in [2.75, 3.05) is 25.5 Å². The molecule has 138 valence electrons. The third kappa shape index (κ3) is 6.33. The Morgan fingerprint density at radius 2 is 1.76 bits per heavy atom. The van der Waals surface area contributed by atoms with E-state index >= 15 is 0 Å². The number of likely N-dealkylation sites (N-methyl/N-ethyl adjacent to an activating group) is 1. The molecule has 2 N–H and O–H groups in total. The van der Waals surface area contributed by atoms with Gasteiger partial charge in [-0.3, -0.25) is 14.5 Å². The summed E-state index contributed by atoms with van der Waals surface area (Å²) in [5.41, 5.74) is 0.692. The Morgan fingerprint density at radius 3 is 2.44 bits per heavy atom. The van der Waals surface area contributed by atoms with Gasteiger partial charge in [-0.2, -0.15) is 0 Å². The average Bonchev–Trinajstić information content (AvgIpc) is 2.53. The highest BCUT2D eigenvalue weighted by atomic mass is 35.5. The summed E-state index contributed by atoms with van der Waals surface area (Å²) in [5.74, 6) is 0.961. The molecule has 5 nitrogen and oxygen atoms in total. The first-order chi connectivity index (χ1) is 11.8. The molecule has 6 heteroatoms. The zero-order valence-electron chi connectivity index (χ0n) is 15.2. The maximum Gasteiger partial charge on any atom is 0.238 e. The van der Waals surface area contributed by atoms with Gasteiger partial charge in [0, 0.05) is 16.8 Å². The third-order valence-electron chi connectivity index (χ3n) is 5.01.